The van der Waals surface area contributed by atoms with E-state index < -0.39 is 0 Å². The van der Waals surface area contributed by atoms with Crippen LogP contribution < -0.4 is 0 Å². The predicted molar refractivity (Wildman–Crippen MR) is 125 cm³/mol. The molecule has 1 aromatic carbocycles. The first-order valence-electron chi connectivity index (χ1n) is 10.8. The maximum atomic E-state index is 13.1. The molecule has 7 nitrogen and oxygen atoms in total. The molecule has 1 unspecified atom stereocenters. The van der Waals surface area contributed by atoms with Crippen molar-refractivity contribution in [1.29, 1.82) is 0 Å². The van der Waals surface area contributed by atoms with Crippen molar-refractivity contribution in [2.24, 2.45) is 0 Å². The molecule has 1 aliphatic heterocycles. The third kappa shape index (κ3) is 3.96. The fourth-order valence-electron chi connectivity index (χ4n) is 4.26. The number of thioether (sulfide) groups is 1. The molecule has 0 saturated carbocycles. The van der Waals surface area contributed by atoms with Crippen LogP contribution in [-0.2, 0) is 11.3 Å². The van der Waals surface area contributed by atoms with Gasteiger partial charge in [0, 0.05) is 30.1 Å². The first-order chi connectivity index (χ1) is 15.6. The van der Waals surface area contributed by atoms with E-state index >= 15 is 0 Å². The Kier molecular flexibility index (Phi) is 5.80. The van der Waals surface area contributed by atoms with Gasteiger partial charge in [0.2, 0.25) is 0 Å². The second-order valence-corrected chi connectivity index (χ2v) is 9.01. The molecule has 8 heteroatoms. The Balaban J connectivity index is 1.34. The molecule has 1 atom stereocenters. The summed E-state index contributed by atoms with van der Waals surface area (Å²) in [6.45, 7) is 5.72. The first kappa shape index (κ1) is 20.9. The van der Waals surface area contributed by atoms with Crippen LogP contribution in [0, 0.1) is 13.8 Å². The van der Waals surface area contributed by atoms with E-state index in [1.807, 2.05) is 43.3 Å². The normalized spacial score (nSPS) is 16.1. The van der Waals surface area contributed by atoms with Gasteiger partial charge in [-0.1, -0.05) is 30.0 Å². The zero-order chi connectivity index (χ0) is 22.1. The highest BCUT2D eigenvalue weighted by Crippen LogP contribution is 2.27. The van der Waals surface area contributed by atoms with Crippen LogP contribution in [0.15, 0.2) is 53.9 Å². The maximum Gasteiger partial charge on any atom is 0.174 e. The molecule has 0 bridgehead atoms. The molecule has 4 heterocycles. The molecule has 0 radical (unpaired) electrons. The van der Waals surface area contributed by atoms with Crippen LogP contribution in [0.25, 0.3) is 16.7 Å². The van der Waals surface area contributed by atoms with Crippen molar-refractivity contribution in [3.63, 3.8) is 0 Å². The third-order valence-corrected chi connectivity index (χ3v) is 6.96. The van der Waals surface area contributed by atoms with Gasteiger partial charge < -0.3 is 9.30 Å². The van der Waals surface area contributed by atoms with Crippen LogP contribution in [0.1, 0.15) is 34.6 Å². The number of ether oxygens (including phenoxy) is 1. The minimum absolute atomic E-state index is 0.101. The van der Waals surface area contributed by atoms with Crippen LogP contribution >= 0.6 is 11.8 Å². The summed E-state index contributed by atoms with van der Waals surface area (Å²) in [7, 11) is 0. The summed E-state index contributed by atoms with van der Waals surface area (Å²) in [6.07, 6.45) is 5.73. The number of aryl methyl sites for hydroxylation is 1. The maximum absolute atomic E-state index is 13.1. The molecule has 1 aliphatic rings. The molecule has 1 saturated heterocycles. The zero-order valence-electron chi connectivity index (χ0n) is 18.2. The smallest absolute Gasteiger partial charge is 0.174 e. The van der Waals surface area contributed by atoms with E-state index in [1.54, 1.807) is 10.9 Å². The number of para-hydroxylation sites is 1. The number of ketones is 1. The fraction of sp³-hybridized carbons (Fsp3) is 0.333. The van der Waals surface area contributed by atoms with Crippen molar-refractivity contribution in [3.05, 3.63) is 65.9 Å². The minimum Gasteiger partial charge on any atom is -0.376 e. The quantitative estimate of drug-likeness (QED) is 0.238. The lowest BCUT2D eigenvalue weighted by Gasteiger charge is -2.14. The highest BCUT2D eigenvalue weighted by molar-refractivity contribution is 8.00. The van der Waals surface area contributed by atoms with Gasteiger partial charge in [0.15, 0.2) is 11.4 Å². The van der Waals surface area contributed by atoms with Gasteiger partial charge >= 0.3 is 0 Å². The van der Waals surface area contributed by atoms with Gasteiger partial charge in [0.25, 0.3) is 0 Å². The van der Waals surface area contributed by atoms with Gasteiger partial charge in [-0.3, -0.25) is 4.79 Å². The number of aromatic nitrogens is 5. The number of rotatable bonds is 7. The van der Waals surface area contributed by atoms with E-state index in [9.17, 15) is 4.79 Å². The Morgan fingerprint density at radius 3 is 2.84 bits per heavy atom. The minimum atomic E-state index is 0.101. The Morgan fingerprint density at radius 2 is 2.06 bits per heavy atom. The number of nitrogens with zero attached hydrogens (tertiary/aromatic N) is 5. The number of benzene rings is 1. The third-order valence-electron chi connectivity index (χ3n) is 5.95. The Morgan fingerprint density at radius 1 is 1.22 bits per heavy atom. The average Bonchev–Trinajstić information content (AvgIpc) is 3.54. The molecule has 0 amide bonds. The van der Waals surface area contributed by atoms with Gasteiger partial charge in [0.05, 0.1) is 29.1 Å². The van der Waals surface area contributed by atoms with E-state index in [-0.39, 0.29) is 11.9 Å². The van der Waals surface area contributed by atoms with Crippen molar-refractivity contribution in [2.75, 3.05) is 12.4 Å². The van der Waals surface area contributed by atoms with Crippen LogP contribution in [0.2, 0.25) is 0 Å². The van der Waals surface area contributed by atoms with Crippen LogP contribution in [0.4, 0.5) is 0 Å². The number of carbonyl (C=O) groups excluding carboxylic acids is 1. The van der Waals surface area contributed by atoms with Gasteiger partial charge in [0.1, 0.15) is 11.4 Å². The highest BCUT2D eigenvalue weighted by Gasteiger charge is 2.21. The van der Waals surface area contributed by atoms with Crippen LogP contribution in [0.3, 0.4) is 0 Å². The van der Waals surface area contributed by atoms with Gasteiger partial charge in [-0.05, 0) is 44.9 Å². The molecule has 0 aliphatic carbocycles. The number of carbonyl (C=O) groups is 1. The topological polar surface area (TPSA) is 74.8 Å². The number of Topliss-reactive ketones (excluding diaryl/α,β-unsaturated/α-hetero) is 1. The lowest BCUT2D eigenvalue weighted by molar-refractivity contribution is 0.0957. The summed E-state index contributed by atoms with van der Waals surface area (Å²) in [6, 6.07) is 11.9. The van der Waals surface area contributed by atoms with Crippen molar-refractivity contribution in [2.45, 2.75) is 44.4 Å². The summed E-state index contributed by atoms with van der Waals surface area (Å²) < 4.78 is 9.79. The lowest BCUT2D eigenvalue weighted by atomic mass is 10.2. The monoisotopic (exact) mass is 447 g/mol. The van der Waals surface area contributed by atoms with E-state index in [0.29, 0.717) is 5.75 Å². The summed E-state index contributed by atoms with van der Waals surface area (Å²) in [5.41, 5.74) is 4.55. The van der Waals surface area contributed by atoms with Gasteiger partial charge in [-0.2, -0.15) is 5.10 Å². The SMILES string of the molecule is Cc1cc(C(=O)CSc2ncnc3c2cnn3-c2ccccc2)c(C)n1CC1CCCO1. The number of hydrogen-bond donors (Lipinski definition) is 0. The molecular formula is C24H25N5O2S. The van der Waals surface area contributed by atoms with Gasteiger partial charge in [-0.25, -0.2) is 14.6 Å². The summed E-state index contributed by atoms with van der Waals surface area (Å²) in [5.74, 6) is 0.413. The summed E-state index contributed by atoms with van der Waals surface area (Å²) in [5, 5.41) is 6.10. The predicted octanol–water partition coefficient (Wildman–Crippen LogP) is 4.39. The lowest BCUT2D eigenvalue weighted by Crippen LogP contribution is -2.17. The Hall–Kier alpha value is -2.97. The standard InChI is InChI=1S/C24H25N5O2S/c1-16-11-20(17(2)28(16)13-19-9-6-10-31-19)22(30)14-32-24-21-12-27-29(23(21)25-15-26-24)18-7-4-3-5-8-18/h3-5,7-8,11-12,15,19H,6,9-10,13-14H2,1-2H3. The molecule has 0 spiro atoms. The fourth-order valence-corrected chi connectivity index (χ4v) is 5.11. The molecule has 0 N–H and O–H groups in total. The van der Waals surface area contributed by atoms with E-state index in [2.05, 4.69) is 26.6 Å². The molecule has 5 rings (SSSR count). The summed E-state index contributed by atoms with van der Waals surface area (Å²) >= 11 is 1.43. The van der Waals surface area contributed by atoms with E-state index in [4.69, 9.17) is 4.74 Å². The largest absolute Gasteiger partial charge is 0.376 e. The molecule has 1 fully saturated rings. The van der Waals surface area contributed by atoms with Crippen molar-refractivity contribution in [3.8, 4) is 5.69 Å². The number of fused-ring (bicyclic) bond motifs is 1. The highest BCUT2D eigenvalue weighted by atomic mass is 32.2. The number of hydrogen-bond acceptors (Lipinski definition) is 6. The van der Waals surface area contributed by atoms with Gasteiger partial charge in [-0.15, -0.1) is 0 Å². The molecule has 4 aromatic rings. The molecule has 164 valence electrons. The Bertz CT molecular complexity index is 1260. The van der Waals surface area contributed by atoms with E-state index in [1.165, 1.54) is 18.1 Å². The molecular weight excluding hydrogens is 422 g/mol. The average molecular weight is 448 g/mol. The first-order valence-corrected chi connectivity index (χ1v) is 11.8. The second kappa shape index (κ2) is 8.88. The van der Waals surface area contributed by atoms with E-state index in [0.717, 1.165) is 64.7 Å². The van der Waals surface area contributed by atoms with Crippen LogP contribution in [-0.4, -0.2) is 48.6 Å². The summed E-state index contributed by atoms with van der Waals surface area (Å²) in [4.78, 5) is 21.9. The molecule has 32 heavy (non-hydrogen) atoms. The zero-order valence-corrected chi connectivity index (χ0v) is 19.0. The second-order valence-electron chi connectivity index (χ2n) is 8.05. The van der Waals surface area contributed by atoms with Crippen molar-refractivity contribution < 1.29 is 9.53 Å². The van der Waals surface area contributed by atoms with Crippen LogP contribution in [0.5, 0.6) is 0 Å². The van der Waals surface area contributed by atoms with Crippen molar-refractivity contribution in [1.82, 2.24) is 24.3 Å². The van der Waals surface area contributed by atoms with Crippen molar-refractivity contribution >= 4 is 28.6 Å². The Labute approximate surface area is 190 Å². The molecule has 3 aromatic heterocycles.